The van der Waals surface area contributed by atoms with E-state index in [-0.39, 0.29) is 5.56 Å². The van der Waals surface area contributed by atoms with E-state index in [1.54, 1.807) is 36.7 Å². The predicted octanol–water partition coefficient (Wildman–Crippen LogP) is 2.23. The van der Waals surface area contributed by atoms with E-state index < -0.39 is 5.97 Å². The summed E-state index contributed by atoms with van der Waals surface area (Å²) >= 11 is 0. The highest BCUT2D eigenvalue weighted by Crippen LogP contribution is 2.23. The molecule has 0 radical (unpaired) electrons. The molecule has 3 aromatic heterocycles. The van der Waals surface area contributed by atoms with Gasteiger partial charge in [0.2, 0.25) is 0 Å². The van der Waals surface area contributed by atoms with E-state index >= 15 is 0 Å². The maximum Gasteiger partial charge on any atom is 0.339 e. The Labute approximate surface area is 107 Å². The Hall–Kier alpha value is -2.89. The second-order valence-corrected chi connectivity index (χ2v) is 3.82. The second-order valence-electron chi connectivity index (χ2n) is 3.82. The Bertz CT molecular complexity index is 702. The van der Waals surface area contributed by atoms with Crippen LogP contribution in [0.4, 0.5) is 0 Å². The van der Waals surface area contributed by atoms with Crippen LogP contribution in [0.2, 0.25) is 0 Å². The van der Waals surface area contributed by atoms with Gasteiger partial charge in [0.05, 0.1) is 12.0 Å². The molecule has 0 saturated carbocycles. The van der Waals surface area contributed by atoms with Gasteiger partial charge in [0.25, 0.3) is 0 Å². The van der Waals surface area contributed by atoms with Gasteiger partial charge in [-0.25, -0.2) is 9.48 Å². The van der Waals surface area contributed by atoms with Gasteiger partial charge in [-0.2, -0.15) is 5.10 Å². The number of carbonyl (C=O) groups is 1. The lowest BCUT2D eigenvalue weighted by molar-refractivity contribution is 0.0697. The Morgan fingerprint density at radius 3 is 2.68 bits per heavy atom. The van der Waals surface area contributed by atoms with E-state index in [1.807, 2.05) is 0 Å². The molecule has 0 aliphatic heterocycles. The lowest BCUT2D eigenvalue weighted by Gasteiger charge is -1.98. The molecular formula is C13H9N3O3. The number of aromatic carboxylic acids is 1. The third kappa shape index (κ3) is 1.99. The summed E-state index contributed by atoms with van der Waals surface area (Å²) in [6.45, 7) is 0. The summed E-state index contributed by atoms with van der Waals surface area (Å²) in [4.78, 5) is 15.2. The zero-order valence-corrected chi connectivity index (χ0v) is 9.72. The molecule has 3 heterocycles. The van der Waals surface area contributed by atoms with Crippen LogP contribution in [0.1, 0.15) is 10.4 Å². The van der Waals surface area contributed by atoms with Crippen LogP contribution in [0.15, 0.2) is 53.5 Å². The first kappa shape index (κ1) is 11.2. The van der Waals surface area contributed by atoms with Gasteiger partial charge in [-0.1, -0.05) is 0 Å². The van der Waals surface area contributed by atoms with Crippen molar-refractivity contribution >= 4 is 5.97 Å². The van der Waals surface area contributed by atoms with Crippen LogP contribution in [0.5, 0.6) is 0 Å². The Morgan fingerprint density at radius 2 is 2.05 bits per heavy atom. The fraction of sp³-hybridized carbons (Fsp3) is 0. The van der Waals surface area contributed by atoms with Gasteiger partial charge in [-0.05, 0) is 24.3 Å². The summed E-state index contributed by atoms with van der Waals surface area (Å²) in [7, 11) is 0. The molecule has 3 rings (SSSR count). The maximum absolute atomic E-state index is 11.3. The summed E-state index contributed by atoms with van der Waals surface area (Å²) in [5.74, 6) is -0.628. The molecule has 6 heteroatoms. The molecule has 0 saturated heterocycles. The van der Waals surface area contributed by atoms with Crippen molar-refractivity contribution in [2.45, 2.75) is 0 Å². The van der Waals surface area contributed by atoms with Crippen LogP contribution in [-0.2, 0) is 0 Å². The molecule has 6 nitrogen and oxygen atoms in total. The minimum absolute atomic E-state index is 0.0896. The fourth-order valence-electron chi connectivity index (χ4n) is 1.75. The average molecular weight is 255 g/mol. The minimum Gasteiger partial charge on any atom is -0.478 e. The standard InChI is InChI=1S/C13H9N3O3/c17-13(18)10-8-16(9-3-5-14-6-4-9)15-12(10)11-2-1-7-19-11/h1-8H,(H,17,18). The van der Waals surface area contributed by atoms with Gasteiger partial charge < -0.3 is 9.52 Å². The summed E-state index contributed by atoms with van der Waals surface area (Å²) in [5, 5.41) is 13.5. The quantitative estimate of drug-likeness (QED) is 0.776. The summed E-state index contributed by atoms with van der Waals surface area (Å²) in [6.07, 6.45) is 6.16. The molecule has 0 aliphatic carbocycles. The fourth-order valence-corrected chi connectivity index (χ4v) is 1.75. The lowest BCUT2D eigenvalue weighted by Crippen LogP contribution is -1.96. The van der Waals surface area contributed by atoms with Crippen LogP contribution in [0.3, 0.4) is 0 Å². The maximum atomic E-state index is 11.3. The van der Waals surface area contributed by atoms with Gasteiger partial charge in [0.15, 0.2) is 5.76 Å². The molecule has 0 fully saturated rings. The van der Waals surface area contributed by atoms with E-state index in [0.717, 1.165) is 5.69 Å². The number of nitrogens with zero attached hydrogens (tertiary/aromatic N) is 3. The number of carboxylic acids is 1. The normalized spacial score (nSPS) is 10.5. The number of rotatable bonds is 3. The van der Waals surface area contributed by atoms with Crippen molar-refractivity contribution in [3.63, 3.8) is 0 Å². The summed E-state index contributed by atoms with van der Waals surface area (Å²) in [5.41, 5.74) is 1.12. The van der Waals surface area contributed by atoms with Crippen LogP contribution in [-0.4, -0.2) is 25.8 Å². The third-order valence-electron chi connectivity index (χ3n) is 2.63. The number of carboxylic acid groups (broad SMARTS) is 1. The highest BCUT2D eigenvalue weighted by atomic mass is 16.4. The highest BCUT2D eigenvalue weighted by Gasteiger charge is 2.19. The van der Waals surface area contributed by atoms with Crippen LogP contribution in [0, 0.1) is 0 Å². The molecule has 3 aromatic rings. The minimum atomic E-state index is -1.05. The first-order chi connectivity index (χ1) is 9.25. The molecule has 1 N–H and O–H groups in total. The molecule has 94 valence electrons. The van der Waals surface area contributed by atoms with Gasteiger partial charge in [-0.15, -0.1) is 0 Å². The van der Waals surface area contributed by atoms with Crippen molar-refractivity contribution in [1.29, 1.82) is 0 Å². The van der Waals surface area contributed by atoms with E-state index in [2.05, 4.69) is 10.1 Å². The number of aromatic nitrogens is 3. The topological polar surface area (TPSA) is 81.1 Å². The van der Waals surface area contributed by atoms with Crippen molar-refractivity contribution in [2.75, 3.05) is 0 Å². The van der Waals surface area contributed by atoms with Crippen LogP contribution in [0.25, 0.3) is 17.1 Å². The Kier molecular flexibility index (Phi) is 2.60. The second kappa shape index (κ2) is 4.41. The molecular weight excluding hydrogens is 246 g/mol. The molecule has 0 atom stereocenters. The average Bonchev–Trinajstić information content (AvgIpc) is 3.08. The molecule has 0 bridgehead atoms. The smallest absolute Gasteiger partial charge is 0.339 e. The summed E-state index contributed by atoms with van der Waals surface area (Å²) < 4.78 is 6.70. The monoisotopic (exact) mass is 255 g/mol. The first-order valence-corrected chi connectivity index (χ1v) is 5.53. The van der Waals surface area contributed by atoms with Crippen molar-refractivity contribution in [3.8, 4) is 17.1 Å². The number of pyridine rings is 1. The van der Waals surface area contributed by atoms with E-state index in [0.29, 0.717) is 11.5 Å². The van der Waals surface area contributed by atoms with Crippen molar-refractivity contribution in [3.05, 3.63) is 54.7 Å². The zero-order valence-electron chi connectivity index (χ0n) is 9.72. The molecule has 0 aliphatic rings. The van der Waals surface area contributed by atoms with Crippen LogP contribution < -0.4 is 0 Å². The molecule has 19 heavy (non-hydrogen) atoms. The Morgan fingerprint density at radius 1 is 1.26 bits per heavy atom. The molecule has 0 aromatic carbocycles. The van der Waals surface area contributed by atoms with E-state index in [1.165, 1.54) is 17.1 Å². The molecule has 0 unspecified atom stereocenters. The lowest BCUT2D eigenvalue weighted by atomic mass is 10.2. The predicted molar refractivity (Wildman–Crippen MR) is 66.0 cm³/mol. The third-order valence-corrected chi connectivity index (χ3v) is 2.63. The number of hydrogen-bond acceptors (Lipinski definition) is 4. The van der Waals surface area contributed by atoms with Gasteiger partial charge in [-0.3, -0.25) is 4.98 Å². The summed E-state index contributed by atoms with van der Waals surface area (Å²) in [6, 6.07) is 6.84. The van der Waals surface area contributed by atoms with E-state index in [4.69, 9.17) is 4.42 Å². The SMILES string of the molecule is O=C(O)c1cn(-c2ccncc2)nc1-c1ccco1. The molecule has 0 amide bonds. The zero-order chi connectivity index (χ0) is 13.2. The largest absolute Gasteiger partial charge is 0.478 e. The van der Waals surface area contributed by atoms with Crippen molar-refractivity contribution in [1.82, 2.24) is 14.8 Å². The van der Waals surface area contributed by atoms with Crippen LogP contribution >= 0.6 is 0 Å². The molecule has 0 spiro atoms. The number of hydrogen-bond donors (Lipinski definition) is 1. The van der Waals surface area contributed by atoms with Gasteiger partial charge >= 0.3 is 5.97 Å². The van der Waals surface area contributed by atoms with Gasteiger partial charge in [0, 0.05) is 18.6 Å². The first-order valence-electron chi connectivity index (χ1n) is 5.53. The van der Waals surface area contributed by atoms with E-state index in [9.17, 15) is 9.90 Å². The van der Waals surface area contributed by atoms with Crippen molar-refractivity contribution in [2.24, 2.45) is 0 Å². The number of furan rings is 1. The Balaban J connectivity index is 2.15. The highest BCUT2D eigenvalue weighted by molar-refractivity contribution is 5.94. The van der Waals surface area contributed by atoms with Gasteiger partial charge in [0.1, 0.15) is 11.3 Å². The van der Waals surface area contributed by atoms with Crippen molar-refractivity contribution < 1.29 is 14.3 Å².